The summed E-state index contributed by atoms with van der Waals surface area (Å²) in [5.41, 5.74) is 9.50. The molecule has 1 unspecified atom stereocenters. The van der Waals surface area contributed by atoms with Crippen LogP contribution < -0.4 is 11.3 Å². The van der Waals surface area contributed by atoms with E-state index in [9.17, 15) is 0 Å². The van der Waals surface area contributed by atoms with Crippen molar-refractivity contribution in [1.82, 2.24) is 5.43 Å². The number of thioether (sulfide) groups is 1. The molecule has 2 nitrogen and oxygen atoms in total. The third kappa shape index (κ3) is 4.10. The van der Waals surface area contributed by atoms with E-state index in [0.29, 0.717) is 0 Å². The minimum absolute atomic E-state index is 0.162. The van der Waals surface area contributed by atoms with Crippen LogP contribution in [0.15, 0.2) is 41.3 Å². The van der Waals surface area contributed by atoms with E-state index in [0.717, 1.165) is 5.75 Å². The molecule has 0 aliphatic carbocycles. The summed E-state index contributed by atoms with van der Waals surface area (Å²) in [7, 11) is 0. The fourth-order valence-electron chi connectivity index (χ4n) is 2.47. The van der Waals surface area contributed by atoms with E-state index in [4.69, 9.17) is 5.84 Å². The van der Waals surface area contributed by atoms with Crippen LogP contribution in [0.25, 0.3) is 0 Å². The Morgan fingerprint density at radius 1 is 1.00 bits per heavy atom. The van der Waals surface area contributed by atoms with Crippen LogP contribution in [0.1, 0.15) is 33.9 Å². The van der Waals surface area contributed by atoms with Gasteiger partial charge in [0.05, 0.1) is 6.04 Å². The van der Waals surface area contributed by atoms with Crippen molar-refractivity contribution in [3.63, 3.8) is 0 Å². The lowest BCUT2D eigenvalue weighted by molar-refractivity contribution is 0.607. The summed E-state index contributed by atoms with van der Waals surface area (Å²) in [4.78, 5) is 1.29. The smallest absolute Gasteiger partial charge is 0.0556 e. The van der Waals surface area contributed by atoms with Crippen LogP contribution >= 0.6 is 11.8 Å². The molecule has 0 aromatic heterocycles. The lowest BCUT2D eigenvalue weighted by Gasteiger charge is -2.20. The number of hydrazine groups is 1. The first-order chi connectivity index (χ1) is 10.0. The topological polar surface area (TPSA) is 38.0 Å². The Balaban J connectivity index is 2.15. The maximum atomic E-state index is 5.79. The predicted octanol–water partition coefficient (Wildman–Crippen LogP) is 4.22. The second kappa shape index (κ2) is 7.12. The monoisotopic (exact) mass is 300 g/mol. The molecule has 0 saturated carbocycles. The van der Waals surface area contributed by atoms with E-state index in [1.165, 1.54) is 32.7 Å². The number of hydrogen-bond acceptors (Lipinski definition) is 3. The molecule has 2 aromatic carbocycles. The van der Waals surface area contributed by atoms with Gasteiger partial charge in [0.2, 0.25) is 0 Å². The van der Waals surface area contributed by atoms with Crippen molar-refractivity contribution < 1.29 is 0 Å². The zero-order chi connectivity index (χ0) is 15.4. The van der Waals surface area contributed by atoms with Gasteiger partial charge in [-0.15, -0.1) is 11.8 Å². The minimum Gasteiger partial charge on any atom is -0.271 e. The fourth-order valence-corrected chi connectivity index (χ4v) is 3.55. The van der Waals surface area contributed by atoms with Crippen molar-refractivity contribution >= 4 is 11.8 Å². The maximum Gasteiger partial charge on any atom is 0.0556 e. The van der Waals surface area contributed by atoms with Crippen LogP contribution in [0.3, 0.4) is 0 Å². The second-order valence-corrected chi connectivity index (χ2v) is 6.73. The Morgan fingerprint density at radius 3 is 2.38 bits per heavy atom. The van der Waals surface area contributed by atoms with Gasteiger partial charge in [-0.3, -0.25) is 11.3 Å². The molecule has 0 fully saturated rings. The van der Waals surface area contributed by atoms with Crippen LogP contribution in [0.2, 0.25) is 0 Å². The third-order valence-electron chi connectivity index (χ3n) is 3.87. The Morgan fingerprint density at radius 2 is 1.71 bits per heavy atom. The van der Waals surface area contributed by atoms with Crippen LogP contribution in [0, 0.1) is 27.7 Å². The predicted molar refractivity (Wildman–Crippen MR) is 92.6 cm³/mol. The van der Waals surface area contributed by atoms with Crippen LogP contribution in [0.4, 0.5) is 0 Å². The maximum absolute atomic E-state index is 5.79. The summed E-state index contributed by atoms with van der Waals surface area (Å²) < 4.78 is 0. The average Bonchev–Trinajstić information content (AvgIpc) is 2.45. The molecule has 3 N–H and O–H groups in total. The van der Waals surface area contributed by atoms with Gasteiger partial charge < -0.3 is 0 Å². The molecule has 112 valence electrons. The van der Waals surface area contributed by atoms with Gasteiger partial charge >= 0.3 is 0 Å². The summed E-state index contributed by atoms with van der Waals surface area (Å²) in [6.07, 6.45) is 0. The number of hydrogen-bond donors (Lipinski definition) is 2. The van der Waals surface area contributed by atoms with E-state index >= 15 is 0 Å². The Hall–Kier alpha value is -1.29. The van der Waals surface area contributed by atoms with Gasteiger partial charge in [-0.2, -0.15) is 0 Å². The lowest BCUT2D eigenvalue weighted by atomic mass is 9.97. The zero-order valence-corrected chi connectivity index (χ0v) is 14.1. The van der Waals surface area contributed by atoms with Crippen LogP contribution in [-0.4, -0.2) is 5.75 Å². The quantitative estimate of drug-likeness (QED) is 0.493. The summed E-state index contributed by atoms with van der Waals surface area (Å²) in [5.74, 6) is 6.71. The number of nitrogens with one attached hydrogen (secondary N) is 1. The van der Waals surface area contributed by atoms with Crippen LogP contribution in [-0.2, 0) is 0 Å². The van der Waals surface area contributed by atoms with E-state index in [2.05, 4.69) is 69.5 Å². The number of benzene rings is 2. The third-order valence-corrected chi connectivity index (χ3v) is 4.95. The zero-order valence-electron chi connectivity index (χ0n) is 13.2. The van der Waals surface area contributed by atoms with Crippen molar-refractivity contribution in [2.24, 2.45) is 5.84 Å². The number of aryl methyl sites for hydroxylation is 4. The molecule has 0 bridgehead atoms. The number of nitrogens with two attached hydrogens (primary N) is 1. The van der Waals surface area contributed by atoms with Crippen molar-refractivity contribution in [2.45, 2.75) is 38.6 Å². The molecule has 3 heteroatoms. The normalized spacial score (nSPS) is 12.4. The molecule has 0 saturated heterocycles. The number of rotatable bonds is 5. The largest absolute Gasteiger partial charge is 0.271 e. The van der Waals surface area contributed by atoms with E-state index < -0.39 is 0 Å². The first kappa shape index (κ1) is 16.1. The fraction of sp³-hybridized carbons (Fsp3) is 0.333. The highest BCUT2D eigenvalue weighted by molar-refractivity contribution is 7.99. The first-order valence-electron chi connectivity index (χ1n) is 7.24. The molecule has 2 rings (SSSR count). The second-order valence-electron chi connectivity index (χ2n) is 5.64. The van der Waals surface area contributed by atoms with Gasteiger partial charge in [0.1, 0.15) is 0 Å². The SMILES string of the molecule is Cc1cccc(SCC(NN)c2cc(C)c(C)cc2C)c1. The van der Waals surface area contributed by atoms with Gasteiger partial charge in [-0.25, -0.2) is 0 Å². The Bertz CT molecular complexity index is 623. The van der Waals surface area contributed by atoms with Gasteiger partial charge in [0.15, 0.2) is 0 Å². The summed E-state index contributed by atoms with van der Waals surface area (Å²) >= 11 is 1.84. The molecule has 0 aliphatic heterocycles. The molecule has 2 aromatic rings. The first-order valence-corrected chi connectivity index (χ1v) is 8.23. The summed E-state index contributed by atoms with van der Waals surface area (Å²) in [6.45, 7) is 8.58. The lowest BCUT2D eigenvalue weighted by Crippen LogP contribution is -2.30. The van der Waals surface area contributed by atoms with Crippen molar-refractivity contribution in [3.05, 3.63) is 64.2 Å². The van der Waals surface area contributed by atoms with Crippen molar-refractivity contribution in [2.75, 3.05) is 5.75 Å². The van der Waals surface area contributed by atoms with E-state index in [1.807, 2.05) is 11.8 Å². The van der Waals surface area contributed by atoms with Crippen LogP contribution in [0.5, 0.6) is 0 Å². The summed E-state index contributed by atoms with van der Waals surface area (Å²) in [6, 6.07) is 13.2. The highest BCUT2D eigenvalue weighted by atomic mass is 32.2. The highest BCUT2D eigenvalue weighted by Crippen LogP contribution is 2.28. The molecule has 0 amide bonds. The molecule has 21 heavy (non-hydrogen) atoms. The average molecular weight is 300 g/mol. The van der Waals surface area contributed by atoms with Gasteiger partial charge in [-0.05, 0) is 62.1 Å². The molecule has 0 aliphatic rings. The van der Waals surface area contributed by atoms with Gasteiger partial charge in [-0.1, -0.05) is 29.8 Å². The van der Waals surface area contributed by atoms with E-state index in [1.54, 1.807) is 0 Å². The molecule has 0 heterocycles. The van der Waals surface area contributed by atoms with Gasteiger partial charge in [0, 0.05) is 10.6 Å². The van der Waals surface area contributed by atoms with E-state index in [-0.39, 0.29) is 6.04 Å². The standard InChI is InChI=1S/C18H24N2S/c1-12-6-5-7-16(8-12)21-11-18(20-19)17-10-14(3)13(2)9-15(17)4/h5-10,18,20H,11,19H2,1-4H3. The minimum atomic E-state index is 0.162. The molecule has 0 spiro atoms. The molecule has 0 radical (unpaired) electrons. The Kier molecular flexibility index (Phi) is 5.45. The van der Waals surface area contributed by atoms with Gasteiger partial charge in [0.25, 0.3) is 0 Å². The Labute approximate surface area is 132 Å². The molecular formula is C18H24N2S. The molecular weight excluding hydrogens is 276 g/mol. The molecule has 1 atom stereocenters. The van der Waals surface area contributed by atoms with Crippen molar-refractivity contribution in [1.29, 1.82) is 0 Å². The van der Waals surface area contributed by atoms with Crippen molar-refractivity contribution in [3.8, 4) is 0 Å². The highest BCUT2D eigenvalue weighted by Gasteiger charge is 2.14. The summed E-state index contributed by atoms with van der Waals surface area (Å²) in [5, 5.41) is 0.